The van der Waals surface area contributed by atoms with E-state index in [2.05, 4.69) is 4.98 Å². The molecule has 0 saturated carbocycles. The summed E-state index contributed by atoms with van der Waals surface area (Å²) in [7, 11) is 3.16. The molecule has 0 atom stereocenters. The van der Waals surface area contributed by atoms with Crippen molar-refractivity contribution >= 4 is 28.4 Å². The summed E-state index contributed by atoms with van der Waals surface area (Å²) in [5.74, 6) is 2.39. The highest BCUT2D eigenvalue weighted by Crippen LogP contribution is 2.40. The second-order valence-electron chi connectivity index (χ2n) is 8.40. The number of carboxylic acid groups (broad SMARTS) is 1. The van der Waals surface area contributed by atoms with Gasteiger partial charge in [-0.3, -0.25) is 4.98 Å². The van der Waals surface area contributed by atoms with E-state index < -0.39 is 6.09 Å². The number of benzene rings is 3. The van der Waals surface area contributed by atoms with E-state index in [1.807, 2.05) is 64.1 Å². The van der Waals surface area contributed by atoms with Gasteiger partial charge in [-0.25, -0.2) is 9.69 Å². The van der Waals surface area contributed by atoms with Crippen LogP contribution in [0.2, 0.25) is 0 Å². The van der Waals surface area contributed by atoms with Gasteiger partial charge in [0.1, 0.15) is 11.5 Å². The lowest BCUT2D eigenvalue weighted by Gasteiger charge is -2.26. The van der Waals surface area contributed by atoms with Gasteiger partial charge in [0.05, 0.1) is 31.1 Å². The van der Waals surface area contributed by atoms with Gasteiger partial charge in [-0.2, -0.15) is 0 Å². The van der Waals surface area contributed by atoms with E-state index in [1.54, 1.807) is 32.5 Å². The van der Waals surface area contributed by atoms with E-state index in [1.165, 1.54) is 4.90 Å². The van der Waals surface area contributed by atoms with Gasteiger partial charge in [-0.05, 0) is 74.2 Å². The zero-order valence-corrected chi connectivity index (χ0v) is 20.7. The molecule has 4 rings (SSSR count). The van der Waals surface area contributed by atoms with Crippen molar-refractivity contribution in [3.8, 4) is 23.0 Å². The Balaban J connectivity index is 1.79. The second-order valence-corrected chi connectivity index (χ2v) is 8.40. The van der Waals surface area contributed by atoms with Crippen LogP contribution >= 0.6 is 0 Å². The Hall–Kier alpha value is -4.26. The minimum Gasteiger partial charge on any atom is -0.493 e. The Morgan fingerprint density at radius 1 is 0.800 bits per heavy atom. The lowest BCUT2D eigenvalue weighted by atomic mass is 10.0. The lowest BCUT2D eigenvalue weighted by Crippen LogP contribution is -2.26. The first kappa shape index (κ1) is 23.9. The Labute approximate surface area is 204 Å². The number of amides is 1. The molecule has 1 aromatic heterocycles. The van der Waals surface area contributed by atoms with Gasteiger partial charge >= 0.3 is 6.09 Å². The predicted molar refractivity (Wildman–Crippen MR) is 137 cm³/mol. The number of ether oxygens (including phenoxy) is 3. The number of hydrogen-bond acceptors (Lipinski definition) is 5. The number of fused-ring (bicyclic) bond motifs is 1. The molecule has 0 unspecified atom stereocenters. The van der Waals surface area contributed by atoms with Crippen LogP contribution in [0.1, 0.15) is 22.3 Å². The van der Waals surface area contributed by atoms with E-state index in [0.29, 0.717) is 39.9 Å². The van der Waals surface area contributed by atoms with Crippen LogP contribution < -0.4 is 19.1 Å². The van der Waals surface area contributed by atoms with Crippen molar-refractivity contribution in [2.24, 2.45) is 0 Å². The van der Waals surface area contributed by atoms with Crippen molar-refractivity contribution in [3.05, 3.63) is 77.0 Å². The van der Waals surface area contributed by atoms with Gasteiger partial charge in [0.25, 0.3) is 0 Å². The summed E-state index contributed by atoms with van der Waals surface area (Å²) < 4.78 is 17.2. The van der Waals surface area contributed by atoms with Gasteiger partial charge in [0, 0.05) is 17.6 Å². The SMILES string of the molecule is COc1cc2nccc(Oc3cc(C)c(N(C(=O)O)c4c(C)cccc4C)cc3C)c2cc1OC. The molecular weight excluding hydrogens is 444 g/mol. The number of pyridine rings is 1. The first-order valence-electron chi connectivity index (χ1n) is 11.1. The number of hydrogen-bond donors (Lipinski definition) is 1. The summed E-state index contributed by atoms with van der Waals surface area (Å²) in [4.78, 5) is 18.1. The number of anilines is 2. The van der Waals surface area contributed by atoms with Crippen LogP contribution in [0.4, 0.5) is 16.2 Å². The fourth-order valence-corrected chi connectivity index (χ4v) is 4.26. The van der Waals surface area contributed by atoms with E-state index in [9.17, 15) is 9.90 Å². The van der Waals surface area contributed by atoms with E-state index in [-0.39, 0.29) is 0 Å². The number of para-hydroxylation sites is 1. The summed E-state index contributed by atoms with van der Waals surface area (Å²) in [5.41, 5.74) is 5.30. The van der Waals surface area contributed by atoms with Crippen LogP contribution in [-0.4, -0.2) is 30.4 Å². The molecule has 1 heterocycles. The van der Waals surface area contributed by atoms with Crippen LogP contribution in [0.3, 0.4) is 0 Å². The van der Waals surface area contributed by atoms with E-state index >= 15 is 0 Å². The number of rotatable bonds is 6. The minimum atomic E-state index is -1.04. The Morgan fingerprint density at radius 3 is 2.09 bits per heavy atom. The maximum Gasteiger partial charge on any atom is 0.416 e. The molecule has 3 aromatic carbocycles. The van der Waals surface area contributed by atoms with Crippen molar-refractivity contribution in [1.29, 1.82) is 0 Å². The smallest absolute Gasteiger partial charge is 0.416 e. The largest absolute Gasteiger partial charge is 0.493 e. The fourth-order valence-electron chi connectivity index (χ4n) is 4.26. The molecule has 0 bridgehead atoms. The zero-order valence-electron chi connectivity index (χ0n) is 20.7. The number of aryl methyl sites for hydroxylation is 4. The highest BCUT2D eigenvalue weighted by Gasteiger charge is 2.23. The summed E-state index contributed by atoms with van der Waals surface area (Å²) in [6.07, 6.45) is 0.632. The third kappa shape index (κ3) is 4.45. The molecule has 0 aliphatic rings. The highest BCUT2D eigenvalue weighted by atomic mass is 16.5. The average Bonchev–Trinajstić information content (AvgIpc) is 2.83. The molecule has 0 fully saturated rings. The summed E-state index contributed by atoms with van der Waals surface area (Å²) in [6.45, 7) is 7.60. The maximum absolute atomic E-state index is 12.4. The van der Waals surface area contributed by atoms with Crippen molar-refractivity contribution in [1.82, 2.24) is 4.98 Å². The molecule has 7 heteroatoms. The summed E-state index contributed by atoms with van der Waals surface area (Å²) in [6, 6.07) is 14.9. The monoisotopic (exact) mass is 472 g/mol. The lowest BCUT2D eigenvalue weighted by molar-refractivity contribution is 0.204. The van der Waals surface area contributed by atoms with Crippen LogP contribution in [0, 0.1) is 27.7 Å². The van der Waals surface area contributed by atoms with Crippen LogP contribution in [0.5, 0.6) is 23.0 Å². The third-order valence-electron chi connectivity index (χ3n) is 6.02. The molecule has 0 radical (unpaired) electrons. The van der Waals surface area contributed by atoms with Gasteiger partial charge in [-0.15, -0.1) is 0 Å². The predicted octanol–water partition coefficient (Wildman–Crippen LogP) is 7.09. The van der Waals surface area contributed by atoms with Gasteiger partial charge in [-0.1, -0.05) is 18.2 Å². The fraction of sp³-hybridized carbons (Fsp3) is 0.214. The van der Waals surface area contributed by atoms with Crippen molar-refractivity contribution in [2.45, 2.75) is 27.7 Å². The molecule has 1 amide bonds. The van der Waals surface area contributed by atoms with E-state index in [4.69, 9.17) is 14.2 Å². The molecule has 0 saturated heterocycles. The number of carbonyl (C=O) groups is 1. The first-order valence-corrected chi connectivity index (χ1v) is 11.1. The number of nitrogens with zero attached hydrogens (tertiary/aromatic N) is 2. The van der Waals surface area contributed by atoms with Crippen LogP contribution in [0.15, 0.2) is 54.7 Å². The number of methoxy groups -OCH3 is 2. The first-order chi connectivity index (χ1) is 16.7. The van der Waals surface area contributed by atoms with Crippen molar-refractivity contribution in [3.63, 3.8) is 0 Å². The van der Waals surface area contributed by atoms with Crippen LogP contribution in [0.25, 0.3) is 10.9 Å². The summed E-state index contributed by atoms with van der Waals surface area (Å²) >= 11 is 0. The average molecular weight is 473 g/mol. The molecular formula is C28H28N2O5. The van der Waals surface area contributed by atoms with Gasteiger partial charge in [0.2, 0.25) is 0 Å². The van der Waals surface area contributed by atoms with E-state index in [0.717, 1.165) is 27.6 Å². The standard InChI is InChI=1S/C28H28N2O5/c1-16-8-7-9-17(2)27(16)30(28(31)32)22-12-19(4)24(13-18(22)3)35-23-10-11-29-21-15-26(34-6)25(33-5)14-20(21)23/h7-15H,1-6H3,(H,31,32). The second kappa shape index (κ2) is 9.54. The molecule has 4 aromatic rings. The Morgan fingerprint density at radius 2 is 1.46 bits per heavy atom. The van der Waals surface area contributed by atoms with Crippen LogP contribution in [-0.2, 0) is 0 Å². The highest BCUT2D eigenvalue weighted by molar-refractivity contribution is 5.97. The van der Waals surface area contributed by atoms with Gasteiger partial charge in [0.15, 0.2) is 11.5 Å². The molecule has 7 nitrogen and oxygen atoms in total. The van der Waals surface area contributed by atoms with Gasteiger partial charge < -0.3 is 19.3 Å². The number of aromatic nitrogens is 1. The Bertz CT molecular complexity index is 1410. The quantitative estimate of drug-likeness (QED) is 0.322. The maximum atomic E-state index is 12.4. The molecule has 180 valence electrons. The topological polar surface area (TPSA) is 81.1 Å². The molecule has 0 aliphatic heterocycles. The Kier molecular flexibility index (Phi) is 6.51. The molecule has 0 aliphatic carbocycles. The zero-order chi connectivity index (χ0) is 25.3. The third-order valence-corrected chi connectivity index (χ3v) is 6.02. The van der Waals surface area contributed by atoms with Crippen molar-refractivity contribution in [2.75, 3.05) is 19.1 Å². The molecule has 35 heavy (non-hydrogen) atoms. The van der Waals surface area contributed by atoms with Crippen molar-refractivity contribution < 1.29 is 24.1 Å². The summed E-state index contributed by atoms with van der Waals surface area (Å²) in [5, 5.41) is 10.9. The normalized spacial score (nSPS) is 10.8. The minimum absolute atomic E-state index is 0.576. The molecule has 0 spiro atoms. The molecule has 1 N–H and O–H groups in total.